The van der Waals surface area contributed by atoms with E-state index in [1.807, 2.05) is 17.5 Å². The molecule has 0 bridgehead atoms. The predicted octanol–water partition coefficient (Wildman–Crippen LogP) is 2.75. The van der Waals surface area contributed by atoms with E-state index >= 15 is 0 Å². The molecule has 0 radical (unpaired) electrons. The first-order valence-electron chi connectivity index (χ1n) is 9.76. The number of hydrogen-bond acceptors (Lipinski definition) is 6. The van der Waals surface area contributed by atoms with Gasteiger partial charge in [-0.05, 0) is 48.2 Å². The van der Waals surface area contributed by atoms with Crippen molar-refractivity contribution in [2.24, 2.45) is 0 Å². The fourth-order valence-electron chi connectivity index (χ4n) is 3.45. The Kier molecular flexibility index (Phi) is 6.15. The summed E-state index contributed by atoms with van der Waals surface area (Å²) in [6.45, 7) is 0.711. The normalized spacial score (nSPS) is 13.4. The van der Waals surface area contributed by atoms with E-state index in [9.17, 15) is 19.5 Å². The van der Waals surface area contributed by atoms with Crippen LogP contribution in [-0.2, 0) is 22.6 Å². The average molecular weight is 439 g/mol. The third-order valence-corrected chi connectivity index (χ3v) is 5.93. The number of carboxylic acid groups (broad SMARTS) is 1. The largest absolute Gasteiger partial charge is 0.478 e. The van der Waals surface area contributed by atoms with Crippen molar-refractivity contribution in [1.29, 1.82) is 0 Å². The molecule has 1 aromatic carbocycles. The van der Waals surface area contributed by atoms with Crippen LogP contribution in [0.25, 0.3) is 0 Å². The van der Waals surface area contributed by atoms with Crippen molar-refractivity contribution in [2.75, 3.05) is 29.4 Å². The second-order valence-electron chi connectivity index (χ2n) is 7.05. The number of anilines is 2. The minimum Gasteiger partial charge on any atom is -0.478 e. The molecule has 0 fully saturated rings. The molecule has 0 aliphatic carbocycles. The van der Waals surface area contributed by atoms with Crippen molar-refractivity contribution >= 4 is 40.5 Å². The second kappa shape index (κ2) is 9.15. The van der Waals surface area contributed by atoms with Crippen molar-refractivity contribution in [2.45, 2.75) is 13.0 Å². The summed E-state index contributed by atoms with van der Waals surface area (Å²) < 4.78 is 5.35. The quantitative estimate of drug-likeness (QED) is 0.523. The van der Waals surface area contributed by atoms with Gasteiger partial charge in [0, 0.05) is 11.4 Å². The first-order valence-corrected chi connectivity index (χ1v) is 10.6. The lowest BCUT2D eigenvalue weighted by atomic mass is 10.1. The molecule has 2 N–H and O–H groups in total. The molecule has 0 saturated heterocycles. The van der Waals surface area contributed by atoms with E-state index in [0.717, 1.165) is 6.42 Å². The van der Waals surface area contributed by atoms with E-state index in [1.54, 1.807) is 29.5 Å². The van der Waals surface area contributed by atoms with Gasteiger partial charge in [0.25, 0.3) is 0 Å². The highest BCUT2D eigenvalue weighted by atomic mass is 32.1. The van der Waals surface area contributed by atoms with Gasteiger partial charge in [-0.1, -0.05) is 6.07 Å². The molecule has 31 heavy (non-hydrogen) atoms. The maximum Gasteiger partial charge on any atom is 0.335 e. The molecule has 0 unspecified atom stereocenters. The Morgan fingerprint density at radius 2 is 2.03 bits per heavy atom. The molecule has 0 spiro atoms. The Labute approximate surface area is 182 Å². The van der Waals surface area contributed by atoms with Crippen molar-refractivity contribution in [3.8, 4) is 0 Å². The van der Waals surface area contributed by atoms with Gasteiger partial charge in [0.15, 0.2) is 0 Å². The molecular formula is C22H21N3O5S. The van der Waals surface area contributed by atoms with Gasteiger partial charge in [-0.15, -0.1) is 11.3 Å². The van der Waals surface area contributed by atoms with Crippen molar-refractivity contribution in [3.63, 3.8) is 0 Å². The summed E-state index contributed by atoms with van der Waals surface area (Å²) in [5.74, 6) is -1.06. The monoisotopic (exact) mass is 439 g/mol. The number of carbonyl (C=O) groups is 3. The zero-order valence-corrected chi connectivity index (χ0v) is 17.4. The van der Waals surface area contributed by atoms with Crippen molar-refractivity contribution in [3.05, 3.63) is 70.3 Å². The number of fused-ring (bicyclic) bond motifs is 1. The molecule has 1 aliphatic rings. The average Bonchev–Trinajstić information content (AvgIpc) is 3.46. The Bertz CT molecular complexity index is 1080. The summed E-state index contributed by atoms with van der Waals surface area (Å²) in [5, 5.41) is 14.5. The van der Waals surface area contributed by atoms with Gasteiger partial charge >= 0.3 is 5.97 Å². The minimum atomic E-state index is -1.10. The number of hydrogen-bond donors (Lipinski definition) is 2. The van der Waals surface area contributed by atoms with Crippen LogP contribution in [0.15, 0.2) is 58.5 Å². The smallest absolute Gasteiger partial charge is 0.335 e. The number of thiophene rings is 1. The van der Waals surface area contributed by atoms with Crippen LogP contribution in [-0.4, -0.2) is 42.5 Å². The highest BCUT2D eigenvalue weighted by Gasteiger charge is 2.33. The summed E-state index contributed by atoms with van der Waals surface area (Å²) in [5.41, 5.74) is 0.926. The molecule has 9 heteroatoms. The summed E-state index contributed by atoms with van der Waals surface area (Å²) in [6, 6.07) is 11.9. The van der Waals surface area contributed by atoms with Crippen LogP contribution in [0, 0.1) is 0 Å². The number of furan rings is 1. The fraction of sp³-hybridized carbons (Fsp3) is 0.227. The van der Waals surface area contributed by atoms with Gasteiger partial charge in [0.05, 0.1) is 36.3 Å². The van der Waals surface area contributed by atoms with Gasteiger partial charge in [0.2, 0.25) is 11.8 Å². The lowest BCUT2D eigenvalue weighted by Crippen LogP contribution is -2.50. The maximum absolute atomic E-state index is 12.9. The lowest BCUT2D eigenvalue weighted by molar-refractivity contribution is -0.122. The van der Waals surface area contributed by atoms with E-state index in [4.69, 9.17) is 4.42 Å². The first kappa shape index (κ1) is 20.8. The Morgan fingerprint density at radius 1 is 1.16 bits per heavy atom. The number of benzene rings is 1. The molecular weight excluding hydrogens is 418 g/mol. The molecule has 3 aromatic rings. The Morgan fingerprint density at radius 3 is 2.74 bits per heavy atom. The molecule has 1 aliphatic heterocycles. The van der Waals surface area contributed by atoms with Crippen LogP contribution in [0.2, 0.25) is 0 Å². The van der Waals surface area contributed by atoms with E-state index in [-0.39, 0.29) is 37.0 Å². The number of aromatic carboxylic acids is 1. The van der Waals surface area contributed by atoms with Crippen LogP contribution in [0.3, 0.4) is 0 Å². The van der Waals surface area contributed by atoms with Crippen LogP contribution in [0.5, 0.6) is 0 Å². The van der Waals surface area contributed by atoms with Gasteiger partial charge in [0.1, 0.15) is 12.3 Å². The standard InChI is InChI=1S/C22H21N3O5S/c26-20(12-23-8-7-17-4-2-10-31-17)25-14-21(27)24(13-16-3-1-9-30-16)18-6-5-15(22(28)29)11-19(18)25/h1-6,9-11,23H,7-8,12-14H2,(H,28,29). The number of nitrogens with zero attached hydrogens (tertiary/aromatic N) is 2. The molecule has 0 saturated carbocycles. The zero-order valence-electron chi connectivity index (χ0n) is 16.6. The minimum absolute atomic E-state index is 0.0492. The van der Waals surface area contributed by atoms with E-state index in [2.05, 4.69) is 5.32 Å². The number of amides is 2. The predicted molar refractivity (Wildman–Crippen MR) is 117 cm³/mol. The third-order valence-electron chi connectivity index (χ3n) is 5.00. The molecule has 0 atom stereocenters. The van der Waals surface area contributed by atoms with E-state index < -0.39 is 5.97 Å². The van der Waals surface area contributed by atoms with Crippen LogP contribution >= 0.6 is 11.3 Å². The number of carbonyl (C=O) groups excluding carboxylic acids is 2. The second-order valence-corrected chi connectivity index (χ2v) is 8.09. The number of rotatable bonds is 8. The Hall–Kier alpha value is -3.43. The molecule has 4 rings (SSSR count). The lowest BCUT2D eigenvalue weighted by Gasteiger charge is -2.36. The van der Waals surface area contributed by atoms with Crippen molar-refractivity contribution in [1.82, 2.24) is 5.32 Å². The van der Waals surface area contributed by atoms with E-state index in [0.29, 0.717) is 23.7 Å². The van der Waals surface area contributed by atoms with Gasteiger partial charge in [-0.25, -0.2) is 4.79 Å². The SMILES string of the molecule is O=C(O)c1ccc2c(c1)N(C(=O)CNCCc1cccs1)CC(=O)N2Cc1ccco1. The highest BCUT2D eigenvalue weighted by molar-refractivity contribution is 7.09. The molecule has 160 valence electrons. The van der Waals surface area contributed by atoms with Crippen LogP contribution in [0.1, 0.15) is 21.0 Å². The highest BCUT2D eigenvalue weighted by Crippen LogP contribution is 2.35. The molecule has 3 heterocycles. The third kappa shape index (κ3) is 4.68. The van der Waals surface area contributed by atoms with Crippen LogP contribution in [0.4, 0.5) is 11.4 Å². The first-order chi connectivity index (χ1) is 15.0. The fourth-order valence-corrected chi connectivity index (χ4v) is 4.16. The summed E-state index contributed by atoms with van der Waals surface area (Å²) in [6.07, 6.45) is 2.33. The van der Waals surface area contributed by atoms with Gasteiger partial charge in [-0.3, -0.25) is 14.5 Å². The molecule has 2 amide bonds. The Balaban J connectivity index is 1.53. The van der Waals surface area contributed by atoms with Gasteiger partial charge in [-0.2, -0.15) is 0 Å². The molecule has 2 aromatic heterocycles. The topological polar surface area (TPSA) is 103 Å². The maximum atomic E-state index is 12.9. The zero-order chi connectivity index (χ0) is 21.8. The molecule has 8 nitrogen and oxygen atoms in total. The summed E-state index contributed by atoms with van der Waals surface area (Å²) >= 11 is 1.66. The van der Waals surface area contributed by atoms with Crippen molar-refractivity contribution < 1.29 is 23.9 Å². The van der Waals surface area contributed by atoms with Crippen LogP contribution < -0.4 is 15.1 Å². The number of carboxylic acids is 1. The van der Waals surface area contributed by atoms with E-state index in [1.165, 1.54) is 33.1 Å². The summed E-state index contributed by atoms with van der Waals surface area (Å²) in [7, 11) is 0. The number of nitrogens with one attached hydrogen (secondary N) is 1. The van der Waals surface area contributed by atoms with Gasteiger partial charge < -0.3 is 19.7 Å². The summed E-state index contributed by atoms with van der Waals surface area (Å²) in [4.78, 5) is 41.3.